The van der Waals surface area contributed by atoms with Crippen molar-refractivity contribution in [3.63, 3.8) is 0 Å². The molecule has 4 heteroatoms. The van der Waals surface area contributed by atoms with Crippen molar-refractivity contribution in [2.24, 2.45) is 5.73 Å². The van der Waals surface area contributed by atoms with Crippen LogP contribution in [0.2, 0.25) is 0 Å². The first-order valence-corrected chi connectivity index (χ1v) is 7.58. The molecule has 0 amide bonds. The molecule has 3 nitrogen and oxygen atoms in total. The first-order chi connectivity index (χ1) is 8.99. The molecule has 0 aromatic heterocycles. The smallest absolute Gasteiger partial charge is 0.0663 e. The van der Waals surface area contributed by atoms with Gasteiger partial charge in [-0.2, -0.15) is 0 Å². The van der Waals surface area contributed by atoms with Crippen molar-refractivity contribution >= 4 is 21.6 Å². The second-order valence-electron chi connectivity index (χ2n) is 5.05. The highest BCUT2D eigenvalue weighted by atomic mass is 79.9. The van der Waals surface area contributed by atoms with Gasteiger partial charge in [0.2, 0.25) is 0 Å². The van der Waals surface area contributed by atoms with Crippen molar-refractivity contribution in [1.29, 1.82) is 0 Å². The molecule has 1 rings (SSSR count). The first-order valence-electron chi connectivity index (χ1n) is 6.79. The maximum Gasteiger partial charge on any atom is 0.0663 e. The molecule has 0 saturated heterocycles. The van der Waals surface area contributed by atoms with Gasteiger partial charge in [-0.25, -0.2) is 0 Å². The van der Waals surface area contributed by atoms with Gasteiger partial charge in [0.25, 0.3) is 0 Å². The van der Waals surface area contributed by atoms with E-state index in [4.69, 9.17) is 10.5 Å². The second kappa shape index (κ2) is 7.88. The number of anilines is 1. The first kappa shape index (κ1) is 16.5. The summed E-state index contributed by atoms with van der Waals surface area (Å²) in [5, 5.41) is 0. The predicted molar refractivity (Wildman–Crippen MR) is 85.9 cm³/mol. The monoisotopic (exact) mass is 328 g/mol. The van der Waals surface area contributed by atoms with Crippen LogP contribution in [0.1, 0.15) is 26.3 Å². The highest BCUT2D eigenvalue weighted by molar-refractivity contribution is 9.10. The zero-order chi connectivity index (χ0) is 14.4. The minimum Gasteiger partial charge on any atom is -0.383 e. The summed E-state index contributed by atoms with van der Waals surface area (Å²) < 4.78 is 6.37. The van der Waals surface area contributed by atoms with E-state index in [-0.39, 0.29) is 6.04 Å². The standard InChI is InChI=1S/C15H25BrN2O/c1-5-18(12(3)10-19-4)14-7-6-13(8-11(2)17)15(16)9-14/h6-7,9,11-12H,5,8,10,17H2,1-4H3. The fourth-order valence-electron chi connectivity index (χ4n) is 2.31. The molecule has 1 aromatic rings. The van der Waals surface area contributed by atoms with Gasteiger partial charge in [0.15, 0.2) is 0 Å². The van der Waals surface area contributed by atoms with Crippen LogP contribution in [-0.4, -0.2) is 32.3 Å². The van der Waals surface area contributed by atoms with Crippen LogP contribution < -0.4 is 10.6 Å². The third-order valence-electron chi connectivity index (χ3n) is 3.19. The van der Waals surface area contributed by atoms with Gasteiger partial charge in [-0.15, -0.1) is 0 Å². The topological polar surface area (TPSA) is 38.5 Å². The molecule has 0 radical (unpaired) electrons. The number of halogens is 1. The molecule has 0 heterocycles. The van der Waals surface area contributed by atoms with Crippen molar-refractivity contribution in [3.05, 3.63) is 28.2 Å². The lowest BCUT2D eigenvalue weighted by Gasteiger charge is -2.30. The Morgan fingerprint density at radius 1 is 1.37 bits per heavy atom. The Morgan fingerprint density at radius 2 is 2.05 bits per heavy atom. The number of rotatable bonds is 7. The fourth-order valence-corrected chi connectivity index (χ4v) is 2.84. The average Bonchev–Trinajstić information content (AvgIpc) is 2.33. The Labute approximate surface area is 125 Å². The van der Waals surface area contributed by atoms with E-state index in [2.05, 4.69) is 52.9 Å². The summed E-state index contributed by atoms with van der Waals surface area (Å²) in [6, 6.07) is 7.04. The molecule has 108 valence electrons. The molecule has 1 aromatic carbocycles. The molecular formula is C15H25BrN2O. The van der Waals surface area contributed by atoms with E-state index in [1.807, 2.05) is 6.92 Å². The SMILES string of the molecule is CCN(c1ccc(CC(C)N)c(Br)c1)C(C)COC. The van der Waals surface area contributed by atoms with Gasteiger partial charge in [-0.3, -0.25) is 0 Å². The summed E-state index contributed by atoms with van der Waals surface area (Å²) in [6.07, 6.45) is 0.889. The molecule has 0 spiro atoms. The molecule has 0 aliphatic heterocycles. The minimum absolute atomic E-state index is 0.178. The van der Waals surface area contributed by atoms with Gasteiger partial charge >= 0.3 is 0 Å². The number of likely N-dealkylation sites (N-methyl/N-ethyl adjacent to an activating group) is 1. The van der Waals surface area contributed by atoms with E-state index < -0.39 is 0 Å². The zero-order valence-corrected chi connectivity index (χ0v) is 13.9. The molecular weight excluding hydrogens is 304 g/mol. The molecule has 0 aliphatic rings. The minimum atomic E-state index is 0.178. The zero-order valence-electron chi connectivity index (χ0n) is 12.3. The van der Waals surface area contributed by atoms with E-state index >= 15 is 0 Å². The molecule has 0 aliphatic carbocycles. The Bertz CT molecular complexity index is 396. The Morgan fingerprint density at radius 3 is 2.53 bits per heavy atom. The lowest BCUT2D eigenvalue weighted by atomic mass is 10.1. The van der Waals surface area contributed by atoms with Crippen LogP contribution in [0.15, 0.2) is 22.7 Å². The van der Waals surface area contributed by atoms with E-state index in [0.717, 1.165) is 24.0 Å². The van der Waals surface area contributed by atoms with Crippen molar-refractivity contribution in [2.75, 3.05) is 25.2 Å². The molecule has 0 saturated carbocycles. The molecule has 19 heavy (non-hydrogen) atoms. The van der Waals surface area contributed by atoms with Crippen LogP contribution in [-0.2, 0) is 11.2 Å². The fraction of sp³-hybridized carbons (Fsp3) is 0.600. The Kier molecular flexibility index (Phi) is 6.83. The number of nitrogens with two attached hydrogens (primary N) is 1. The predicted octanol–water partition coefficient (Wildman–Crippen LogP) is 3.20. The van der Waals surface area contributed by atoms with Crippen LogP contribution in [0.4, 0.5) is 5.69 Å². The van der Waals surface area contributed by atoms with E-state index in [1.165, 1.54) is 11.3 Å². The van der Waals surface area contributed by atoms with E-state index in [9.17, 15) is 0 Å². The van der Waals surface area contributed by atoms with Crippen LogP contribution >= 0.6 is 15.9 Å². The normalized spacial score (nSPS) is 14.2. The highest BCUT2D eigenvalue weighted by Crippen LogP contribution is 2.26. The summed E-state index contributed by atoms with van der Waals surface area (Å²) in [5.41, 5.74) is 8.33. The van der Waals surface area contributed by atoms with Crippen molar-refractivity contribution in [1.82, 2.24) is 0 Å². The summed E-state index contributed by atoms with van der Waals surface area (Å²) in [4.78, 5) is 2.34. The molecule has 2 atom stereocenters. The lowest BCUT2D eigenvalue weighted by Crippen LogP contribution is -2.36. The van der Waals surface area contributed by atoms with E-state index in [0.29, 0.717) is 6.04 Å². The summed E-state index contributed by atoms with van der Waals surface area (Å²) in [7, 11) is 1.74. The Balaban J connectivity index is 2.91. The third-order valence-corrected chi connectivity index (χ3v) is 3.93. The quantitative estimate of drug-likeness (QED) is 0.835. The number of methoxy groups -OCH3 is 1. The van der Waals surface area contributed by atoms with E-state index in [1.54, 1.807) is 7.11 Å². The maximum absolute atomic E-state index is 5.86. The van der Waals surface area contributed by atoms with Crippen molar-refractivity contribution in [2.45, 2.75) is 39.3 Å². The number of benzene rings is 1. The molecule has 0 fully saturated rings. The highest BCUT2D eigenvalue weighted by Gasteiger charge is 2.14. The summed E-state index contributed by atoms with van der Waals surface area (Å²) in [5.74, 6) is 0. The van der Waals surface area contributed by atoms with Gasteiger partial charge < -0.3 is 15.4 Å². The van der Waals surface area contributed by atoms with Gasteiger partial charge in [0, 0.05) is 35.9 Å². The number of ether oxygens (including phenoxy) is 1. The van der Waals surface area contributed by atoms with Crippen molar-refractivity contribution < 1.29 is 4.74 Å². The molecule has 2 unspecified atom stereocenters. The van der Waals surface area contributed by atoms with Crippen LogP contribution in [0.5, 0.6) is 0 Å². The molecule has 0 bridgehead atoms. The third kappa shape index (κ3) is 4.79. The van der Waals surface area contributed by atoms with Gasteiger partial charge in [0.05, 0.1) is 6.61 Å². The van der Waals surface area contributed by atoms with Crippen LogP contribution in [0, 0.1) is 0 Å². The number of nitrogens with zero attached hydrogens (tertiary/aromatic N) is 1. The Hall–Kier alpha value is -0.580. The van der Waals surface area contributed by atoms with Gasteiger partial charge in [0.1, 0.15) is 0 Å². The number of hydrogen-bond acceptors (Lipinski definition) is 3. The number of hydrogen-bond donors (Lipinski definition) is 1. The maximum atomic E-state index is 5.86. The van der Waals surface area contributed by atoms with Gasteiger partial charge in [-0.05, 0) is 44.9 Å². The lowest BCUT2D eigenvalue weighted by molar-refractivity contribution is 0.182. The molecule has 2 N–H and O–H groups in total. The van der Waals surface area contributed by atoms with Crippen LogP contribution in [0.25, 0.3) is 0 Å². The second-order valence-corrected chi connectivity index (χ2v) is 5.90. The average molecular weight is 329 g/mol. The van der Waals surface area contributed by atoms with Crippen molar-refractivity contribution in [3.8, 4) is 0 Å². The largest absolute Gasteiger partial charge is 0.383 e. The summed E-state index contributed by atoms with van der Waals surface area (Å²) in [6.45, 7) is 8.06. The summed E-state index contributed by atoms with van der Waals surface area (Å²) >= 11 is 3.65. The van der Waals surface area contributed by atoms with Crippen LogP contribution in [0.3, 0.4) is 0 Å². The van der Waals surface area contributed by atoms with Gasteiger partial charge in [-0.1, -0.05) is 22.0 Å².